The Morgan fingerprint density at radius 1 is 1.29 bits per heavy atom. The summed E-state index contributed by atoms with van der Waals surface area (Å²) in [5.41, 5.74) is 8.75. The first-order valence-electron chi connectivity index (χ1n) is 8.44. The van der Waals surface area contributed by atoms with Crippen LogP contribution < -0.4 is 5.73 Å². The van der Waals surface area contributed by atoms with Gasteiger partial charge in [0.15, 0.2) is 0 Å². The van der Waals surface area contributed by atoms with E-state index in [1.165, 1.54) is 0 Å². The Morgan fingerprint density at radius 2 is 2.04 bits per heavy atom. The van der Waals surface area contributed by atoms with Gasteiger partial charge in [-0.1, -0.05) is 41.1 Å². The van der Waals surface area contributed by atoms with Crippen LogP contribution in [0.1, 0.15) is 30.3 Å². The van der Waals surface area contributed by atoms with Gasteiger partial charge in [0, 0.05) is 41.9 Å². The van der Waals surface area contributed by atoms with E-state index in [2.05, 4.69) is 28.9 Å². The Morgan fingerprint density at radius 3 is 2.75 bits per heavy atom. The molecule has 3 rings (SSSR count). The van der Waals surface area contributed by atoms with Gasteiger partial charge in [-0.15, -0.1) is 0 Å². The normalized spacial score (nSPS) is 21.1. The molecule has 1 aromatic heterocycles. The summed E-state index contributed by atoms with van der Waals surface area (Å²) in [4.78, 5) is 15.0. The molecular weight excluding hydrogens is 366 g/mol. The van der Waals surface area contributed by atoms with Crippen molar-refractivity contribution < 1.29 is 4.79 Å². The summed E-state index contributed by atoms with van der Waals surface area (Å²) in [6, 6.07) is 12.1. The number of hydrogen-bond acceptors (Lipinski definition) is 2. The molecule has 0 bridgehead atoms. The van der Waals surface area contributed by atoms with E-state index >= 15 is 0 Å². The lowest BCUT2D eigenvalue weighted by molar-refractivity contribution is 0.0564. The highest BCUT2D eigenvalue weighted by Gasteiger charge is 2.31. The predicted octanol–water partition coefficient (Wildman–Crippen LogP) is 3.65. The molecular formula is C19H24BrN3O. The third-order valence-corrected chi connectivity index (χ3v) is 5.69. The number of carbonyl (C=O) groups is 1. The number of nitrogens with zero attached hydrogens (tertiary/aromatic N) is 2. The first-order chi connectivity index (χ1) is 11.5. The van der Waals surface area contributed by atoms with Crippen molar-refractivity contribution in [2.75, 3.05) is 13.1 Å². The van der Waals surface area contributed by atoms with Crippen LogP contribution in [0.25, 0.3) is 11.3 Å². The van der Waals surface area contributed by atoms with E-state index in [4.69, 9.17) is 5.73 Å². The van der Waals surface area contributed by atoms with Gasteiger partial charge in [-0.2, -0.15) is 0 Å². The molecule has 0 saturated carbocycles. The topological polar surface area (TPSA) is 51.3 Å². The number of hydrogen-bond donors (Lipinski definition) is 1. The van der Waals surface area contributed by atoms with Crippen LogP contribution in [-0.4, -0.2) is 34.5 Å². The van der Waals surface area contributed by atoms with E-state index < -0.39 is 0 Å². The summed E-state index contributed by atoms with van der Waals surface area (Å²) >= 11 is 3.59. The molecule has 0 aliphatic carbocycles. The van der Waals surface area contributed by atoms with E-state index in [1.807, 2.05) is 46.8 Å². The van der Waals surface area contributed by atoms with Crippen molar-refractivity contribution in [3.8, 4) is 11.3 Å². The lowest BCUT2D eigenvalue weighted by Crippen LogP contribution is -2.49. The average Bonchev–Trinajstić information content (AvgIpc) is 2.96. The zero-order chi connectivity index (χ0) is 17.3. The molecule has 0 radical (unpaired) electrons. The maximum Gasteiger partial charge on any atom is 0.270 e. The monoisotopic (exact) mass is 389 g/mol. The van der Waals surface area contributed by atoms with Crippen LogP contribution in [0.3, 0.4) is 0 Å². The Balaban J connectivity index is 1.91. The Hall–Kier alpha value is -1.59. The standard InChI is InChI=1S/C19H24BrN3O/c1-13-9-10-23(14(11-13)12-21)19(24)18-8-7-17(22(18)2)15-5-3-4-6-16(15)20/h3-8,13-14H,9-12,21H2,1-2H3. The smallest absolute Gasteiger partial charge is 0.270 e. The average molecular weight is 390 g/mol. The molecule has 4 nitrogen and oxygen atoms in total. The van der Waals surface area contributed by atoms with Crippen LogP contribution in [0.5, 0.6) is 0 Å². The third-order valence-electron chi connectivity index (χ3n) is 5.00. The fraction of sp³-hybridized carbons (Fsp3) is 0.421. The van der Waals surface area contributed by atoms with Crippen LogP contribution in [0, 0.1) is 5.92 Å². The highest BCUT2D eigenvalue weighted by atomic mass is 79.9. The van der Waals surface area contributed by atoms with Crippen LogP contribution >= 0.6 is 15.9 Å². The molecule has 2 aromatic rings. The minimum atomic E-state index is 0.0816. The Bertz CT molecular complexity index is 740. The Kier molecular flexibility index (Phi) is 5.11. The molecule has 24 heavy (non-hydrogen) atoms. The van der Waals surface area contributed by atoms with Crippen LogP contribution in [-0.2, 0) is 7.05 Å². The predicted molar refractivity (Wildman–Crippen MR) is 101 cm³/mol. The molecule has 2 heterocycles. The highest BCUT2D eigenvalue weighted by Crippen LogP contribution is 2.30. The summed E-state index contributed by atoms with van der Waals surface area (Å²) < 4.78 is 3.01. The van der Waals surface area contributed by atoms with Crippen molar-refractivity contribution >= 4 is 21.8 Å². The molecule has 1 fully saturated rings. The quantitative estimate of drug-likeness (QED) is 0.870. The molecule has 1 amide bonds. The lowest BCUT2D eigenvalue weighted by Gasteiger charge is -2.38. The van der Waals surface area contributed by atoms with Gasteiger partial charge < -0.3 is 15.2 Å². The van der Waals surface area contributed by atoms with Crippen LogP contribution in [0.4, 0.5) is 0 Å². The molecule has 1 aliphatic rings. The van der Waals surface area contributed by atoms with Gasteiger partial charge in [-0.25, -0.2) is 0 Å². The lowest BCUT2D eigenvalue weighted by atomic mass is 9.92. The van der Waals surface area contributed by atoms with E-state index in [0.717, 1.165) is 35.1 Å². The fourth-order valence-electron chi connectivity index (χ4n) is 3.55. The summed E-state index contributed by atoms with van der Waals surface area (Å²) in [6.07, 6.45) is 2.04. The number of benzene rings is 1. The van der Waals surface area contributed by atoms with Gasteiger partial charge in [-0.3, -0.25) is 4.79 Å². The molecule has 1 aromatic carbocycles. The first-order valence-corrected chi connectivity index (χ1v) is 9.24. The third kappa shape index (κ3) is 3.15. The van der Waals surface area contributed by atoms with Gasteiger partial charge in [0.25, 0.3) is 5.91 Å². The van der Waals surface area contributed by atoms with E-state index in [9.17, 15) is 4.79 Å². The molecule has 1 saturated heterocycles. The summed E-state index contributed by atoms with van der Waals surface area (Å²) in [5.74, 6) is 0.713. The van der Waals surface area contributed by atoms with E-state index in [1.54, 1.807) is 0 Å². The van der Waals surface area contributed by atoms with Crippen molar-refractivity contribution in [2.24, 2.45) is 18.7 Å². The van der Waals surface area contributed by atoms with Crippen LogP contribution in [0.2, 0.25) is 0 Å². The van der Waals surface area contributed by atoms with Gasteiger partial charge in [-0.05, 0) is 37.0 Å². The number of carbonyl (C=O) groups excluding carboxylic acids is 1. The second-order valence-electron chi connectivity index (χ2n) is 6.66. The van der Waals surface area contributed by atoms with Crippen molar-refractivity contribution in [2.45, 2.75) is 25.8 Å². The number of rotatable bonds is 3. The maximum atomic E-state index is 13.1. The summed E-state index contributed by atoms with van der Waals surface area (Å²) in [5, 5.41) is 0. The summed E-state index contributed by atoms with van der Waals surface area (Å²) in [6.45, 7) is 3.55. The van der Waals surface area contributed by atoms with Crippen molar-refractivity contribution in [3.05, 3.63) is 46.6 Å². The number of likely N-dealkylation sites (tertiary alicyclic amines) is 1. The van der Waals surface area contributed by atoms with Crippen molar-refractivity contribution in [1.82, 2.24) is 9.47 Å². The second kappa shape index (κ2) is 7.11. The Labute approximate surface area is 151 Å². The number of piperidine rings is 1. The maximum absolute atomic E-state index is 13.1. The minimum absolute atomic E-state index is 0.0816. The number of aromatic nitrogens is 1. The van der Waals surface area contributed by atoms with E-state index in [-0.39, 0.29) is 11.9 Å². The number of nitrogens with two attached hydrogens (primary N) is 1. The molecule has 0 spiro atoms. The van der Waals surface area contributed by atoms with Crippen LogP contribution in [0.15, 0.2) is 40.9 Å². The van der Waals surface area contributed by atoms with E-state index in [0.29, 0.717) is 18.2 Å². The van der Waals surface area contributed by atoms with Gasteiger partial charge in [0.1, 0.15) is 5.69 Å². The zero-order valence-corrected chi connectivity index (χ0v) is 15.8. The molecule has 2 N–H and O–H groups in total. The van der Waals surface area contributed by atoms with Crippen molar-refractivity contribution in [1.29, 1.82) is 0 Å². The number of amides is 1. The summed E-state index contributed by atoms with van der Waals surface area (Å²) in [7, 11) is 1.95. The molecule has 2 atom stereocenters. The van der Waals surface area contributed by atoms with Gasteiger partial charge in [0.2, 0.25) is 0 Å². The van der Waals surface area contributed by atoms with Crippen molar-refractivity contribution in [3.63, 3.8) is 0 Å². The molecule has 1 aliphatic heterocycles. The van der Waals surface area contributed by atoms with Gasteiger partial charge in [0.05, 0.1) is 0 Å². The second-order valence-corrected chi connectivity index (χ2v) is 7.51. The molecule has 128 valence electrons. The van der Waals surface area contributed by atoms with Gasteiger partial charge >= 0.3 is 0 Å². The number of halogens is 1. The SMILES string of the molecule is CC1CCN(C(=O)c2ccc(-c3ccccc3Br)n2C)C(CN)C1. The molecule has 5 heteroatoms. The zero-order valence-electron chi connectivity index (χ0n) is 14.2. The fourth-order valence-corrected chi connectivity index (χ4v) is 4.04. The minimum Gasteiger partial charge on any atom is -0.340 e. The largest absolute Gasteiger partial charge is 0.340 e. The molecule has 2 unspecified atom stereocenters. The highest BCUT2D eigenvalue weighted by molar-refractivity contribution is 9.10. The first kappa shape index (κ1) is 17.2.